The first-order valence-electron chi connectivity index (χ1n) is 7.35. The summed E-state index contributed by atoms with van der Waals surface area (Å²) in [5.74, 6) is -1.86. The van der Waals surface area contributed by atoms with Gasteiger partial charge in [0.1, 0.15) is 5.84 Å². The van der Waals surface area contributed by atoms with E-state index in [9.17, 15) is 8.78 Å². The van der Waals surface area contributed by atoms with Crippen molar-refractivity contribution in [3.63, 3.8) is 0 Å². The number of allylic oxidation sites excluding steroid dienone is 1. The number of rotatable bonds is 7. The highest BCUT2D eigenvalue weighted by Gasteiger charge is 2.19. The van der Waals surface area contributed by atoms with Gasteiger partial charge < -0.3 is 5.32 Å². The molecule has 1 N–H and O–H groups in total. The maximum absolute atomic E-state index is 12.9. The molecule has 1 rings (SSSR count). The van der Waals surface area contributed by atoms with Crippen LogP contribution in [0.4, 0.5) is 8.78 Å². The number of benzene rings is 1. The highest BCUT2D eigenvalue weighted by atomic mass is 19.3. The number of nitrogens with one attached hydrogen (secondary N) is 1. The maximum atomic E-state index is 12.9. The van der Waals surface area contributed by atoms with Gasteiger partial charge in [-0.15, -0.1) is 0 Å². The van der Waals surface area contributed by atoms with Crippen LogP contribution in [0.2, 0.25) is 0 Å². The van der Waals surface area contributed by atoms with Crippen LogP contribution >= 0.6 is 0 Å². The van der Waals surface area contributed by atoms with Crippen molar-refractivity contribution in [2.24, 2.45) is 4.99 Å². The van der Waals surface area contributed by atoms with E-state index in [0.29, 0.717) is 12.8 Å². The molecule has 1 aromatic rings. The Morgan fingerprint density at radius 1 is 1.41 bits per heavy atom. The molecule has 0 atom stereocenters. The van der Waals surface area contributed by atoms with E-state index in [1.54, 1.807) is 13.2 Å². The van der Waals surface area contributed by atoms with Crippen LogP contribution in [-0.4, -0.2) is 18.8 Å². The molecule has 0 saturated carbocycles. The fourth-order valence-corrected chi connectivity index (χ4v) is 2.14. The topological polar surface area (TPSA) is 24.4 Å². The second-order valence-electron chi connectivity index (χ2n) is 5.41. The van der Waals surface area contributed by atoms with Crippen LogP contribution in [0.5, 0.6) is 0 Å². The lowest BCUT2D eigenvalue weighted by Gasteiger charge is -2.10. The molecular formula is C18H24F2N2. The number of alkyl halides is 2. The number of hydrogen-bond donors (Lipinski definition) is 1. The fraction of sp³-hybridized carbons (Fsp3) is 0.389. The molecule has 0 unspecified atom stereocenters. The maximum Gasteiger partial charge on any atom is 0.245 e. The van der Waals surface area contributed by atoms with Crippen molar-refractivity contribution in [1.29, 1.82) is 0 Å². The number of aliphatic imine (C=N–C) groups is 1. The minimum Gasteiger partial charge on any atom is -0.348 e. The second kappa shape index (κ2) is 8.47. The molecule has 2 nitrogen and oxygen atoms in total. The zero-order valence-corrected chi connectivity index (χ0v) is 13.5. The summed E-state index contributed by atoms with van der Waals surface area (Å²) >= 11 is 0. The molecule has 0 bridgehead atoms. The Morgan fingerprint density at radius 2 is 2.14 bits per heavy atom. The highest BCUT2D eigenvalue weighted by Crippen LogP contribution is 2.21. The van der Waals surface area contributed by atoms with Gasteiger partial charge in [-0.2, -0.15) is 0 Å². The van der Waals surface area contributed by atoms with Crippen molar-refractivity contribution in [2.75, 3.05) is 7.05 Å². The highest BCUT2D eigenvalue weighted by molar-refractivity contribution is 5.99. The number of aryl methyl sites for hydroxylation is 1. The van der Waals surface area contributed by atoms with E-state index in [1.807, 2.05) is 37.3 Å². The van der Waals surface area contributed by atoms with Crippen molar-refractivity contribution in [3.8, 4) is 0 Å². The molecule has 120 valence electrons. The molecule has 0 fully saturated rings. The van der Waals surface area contributed by atoms with Crippen molar-refractivity contribution < 1.29 is 8.78 Å². The third-order valence-electron chi connectivity index (χ3n) is 3.31. The van der Waals surface area contributed by atoms with Crippen LogP contribution in [0.3, 0.4) is 0 Å². The minimum absolute atomic E-state index is 0.0814. The normalized spacial score (nSPS) is 13.1. The van der Waals surface area contributed by atoms with Crippen molar-refractivity contribution in [1.82, 2.24) is 5.32 Å². The van der Waals surface area contributed by atoms with E-state index in [4.69, 9.17) is 0 Å². The molecule has 22 heavy (non-hydrogen) atoms. The minimum atomic E-state index is -2.59. The summed E-state index contributed by atoms with van der Waals surface area (Å²) in [6.07, 6.45) is 4.57. The third-order valence-corrected chi connectivity index (χ3v) is 3.31. The number of hydrogen-bond acceptors (Lipinski definition) is 1. The smallest absolute Gasteiger partial charge is 0.245 e. The van der Waals surface area contributed by atoms with Gasteiger partial charge in [0.25, 0.3) is 0 Å². The van der Waals surface area contributed by atoms with Gasteiger partial charge in [-0.1, -0.05) is 30.8 Å². The van der Waals surface area contributed by atoms with Crippen molar-refractivity contribution >= 4 is 11.4 Å². The van der Waals surface area contributed by atoms with E-state index in [1.165, 1.54) is 0 Å². The van der Waals surface area contributed by atoms with Crippen LogP contribution in [0.1, 0.15) is 37.8 Å². The average molecular weight is 306 g/mol. The predicted octanol–water partition coefficient (Wildman–Crippen LogP) is 4.83. The third kappa shape index (κ3) is 6.66. The SMILES string of the molecule is C=CNC(/C=C(\C)c1cccc(CCCC(C)(F)F)c1)=NC. The first-order chi connectivity index (χ1) is 10.4. The molecule has 0 aliphatic heterocycles. The van der Waals surface area contributed by atoms with Crippen molar-refractivity contribution in [2.45, 2.75) is 39.0 Å². The Balaban J connectivity index is 2.78. The van der Waals surface area contributed by atoms with Gasteiger partial charge >= 0.3 is 0 Å². The Kier molecular flexibility index (Phi) is 6.96. The predicted molar refractivity (Wildman–Crippen MR) is 90.3 cm³/mol. The number of halogens is 2. The number of nitrogens with zero attached hydrogens (tertiary/aromatic N) is 1. The summed E-state index contributed by atoms with van der Waals surface area (Å²) in [6.45, 7) is 6.58. The molecule has 1 aromatic carbocycles. The zero-order valence-electron chi connectivity index (χ0n) is 13.5. The lowest BCUT2D eigenvalue weighted by molar-refractivity contribution is 0.0111. The van der Waals surface area contributed by atoms with Gasteiger partial charge in [0, 0.05) is 13.5 Å². The Hall–Kier alpha value is -1.97. The molecule has 0 aromatic heterocycles. The van der Waals surface area contributed by atoms with Gasteiger partial charge in [0.2, 0.25) is 5.92 Å². The first-order valence-corrected chi connectivity index (χ1v) is 7.35. The van der Waals surface area contributed by atoms with Crippen molar-refractivity contribution in [3.05, 3.63) is 54.2 Å². The van der Waals surface area contributed by atoms with Gasteiger partial charge in [-0.05, 0) is 55.7 Å². The van der Waals surface area contributed by atoms with Crippen LogP contribution in [0.25, 0.3) is 5.57 Å². The molecular weight excluding hydrogens is 282 g/mol. The summed E-state index contributed by atoms with van der Waals surface area (Å²) in [5.41, 5.74) is 3.19. The lowest BCUT2D eigenvalue weighted by Crippen LogP contribution is -2.14. The first kappa shape index (κ1) is 18.1. The largest absolute Gasteiger partial charge is 0.348 e. The fourth-order valence-electron chi connectivity index (χ4n) is 2.14. The molecule has 0 aliphatic rings. The van der Waals surface area contributed by atoms with E-state index in [2.05, 4.69) is 16.9 Å². The molecule has 0 heterocycles. The molecule has 0 amide bonds. The Bertz CT molecular complexity index is 554. The molecule has 0 radical (unpaired) electrons. The Morgan fingerprint density at radius 3 is 2.73 bits per heavy atom. The summed E-state index contributed by atoms with van der Waals surface area (Å²) in [7, 11) is 1.71. The van der Waals surface area contributed by atoms with Crippen LogP contribution < -0.4 is 5.32 Å². The number of amidine groups is 1. The summed E-state index contributed by atoms with van der Waals surface area (Å²) < 4.78 is 25.7. The van der Waals surface area contributed by atoms with E-state index in [-0.39, 0.29) is 6.42 Å². The second-order valence-corrected chi connectivity index (χ2v) is 5.41. The summed E-state index contributed by atoms with van der Waals surface area (Å²) in [5, 5.41) is 2.95. The van der Waals surface area contributed by atoms with Gasteiger partial charge in [-0.25, -0.2) is 8.78 Å². The monoisotopic (exact) mass is 306 g/mol. The molecule has 4 heteroatoms. The lowest BCUT2D eigenvalue weighted by atomic mass is 10.00. The van der Waals surface area contributed by atoms with Gasteiger partial charge in [0.05, 0.1) is 0 Å². The average Bonchev–Trinajstić information content (AvgIpc) is 2.45. The summed E-state index contributed by atoms with van der Waals surface area (Å²) in [4.78, 5) is 4.12. The molecule has 0 spiro atoms. The quantitative estimate of drug-likeness (QED) is 0.566. The van der Waals surface area contributed by atoms with Crippen LogP contribution in [-0.2, 0) is 6.42 Å². The zero-order chi connectivity index (χ0) is 16.6. The van der Waals surface area contributed by atoms with E-state index in [0.717, 1.165) is 29.5 Å². The van der Waals surface area contributed by atoms with Crippen LogP contribution in [0.15, 0.2) is 48.1 Å². The van der Waals surface area contributed by atoms with E-state index < -0.39 is 5.92 Å². The van der Waals surface area contributed by atoms with E-state index >= 15 is 0 Å². The summed E-state index contributed by atoms with van der Waals surface area (Å²) in [6, 6.07) is 7.98. The van der Waals surface area contributed by atoms with Crippen LogP contribution in [0, 0.1) is 0 Å². The Labute approximate surface area is 131 Å². The van der Waals surface area contributed by atoms with Gasteiger partial charge in [0.15, 0.2) is 0 Å². The van der Waals surface area contributed by atoms with Gasteiger partial charge in [-0.3, -0.25) is 4.99 Å². The standard InChI is InChI=1S/C18H24F2N2/c1-5-22-17(21-4)12-14(2)16-10-6-8-15(13-16)9-7-11-18(3,19)20/h5-6,8,10,12-13H,1,7,9,11H2,2-4H3,(H,21,22)/b14-12+. The molecule has 0 saturated heterocycles. The molecule has 0 aliphatic carbocycles.